The molecule has 2 aromatic heterocycles. The van der Waals surface area contributed by atoms with E-state index in [0.717, 1.165) is 28.3 Å². The van der Waals surface area contributed by atoms with Crippen LogP contribution in [0.1, 0.15) is 16.8 Å². The van der Waals surface area contributed by atoms with Gasteiger partial charge in [-0.1, -0.05) is 18.2 Å². The highest BCUT2D eigenvalue weighted by molar-refractivity contribution is 7.13. The number of oxazole rings is 1. The fourth-order valence-electron chi connectivity index (χ4n) is 2.34. The summed E-state index contributed by atoms with van der Waals surface area (Å²) in [5.41, 5.74) is 0.964. The van der Waals surface area contributed by atoms with Crippen molar-refractivity contribution in [3.63, 3.8) is 0 Å². The number of hydrogen-bond acceptors (Lipinski definition) is 4. The van der Waals surface area contributed by atoms with Crippen LogP contribution < -0.4 is 0 Å². The SMILES string of the molecule is CN(Cc1ccc(C(F)(F)F)cc1)Cc1coc(-c2cccs2)n1. The van der Waals surface area contributed by atoms with Gasteiger partial charge in [-0.3, -0.25) is 4.90 Å². The number of alkyl halides is 3. The molecule has 7 heteroatoms. The minimum absolute atomic E-state index is 0.527. The molecule has 0 fully saturated rings. The second-order valence-electron chi connectivity index (χ2n) is 5.49. The van der Waals surface area contributed by atoms with Gasteiger partial charge in [0.05, 0.1) is 16.1 Å². The summed E-state index contributed by atoms with van der Waals surface area (Å²) in [5, 5.41) is 1.95. The van der Waals surface area contributed by atoms with Gasteiger partial charge in [0.25, 0.3) is 0 Å². The van der Waals surface area contributed by atoms with Crippen molar-refractivity contribution in [2.24, 2.45) is 0 Å². The van der Waals surface area contributed by atoms with Crippen molar-refractivity contribution in [3.05, 3.63) is 64.9 Å². The molecule has 0 aliphatic rings. The Hall–Kier alpha value is -2.12. The maximum atomic E-state index is 12.6. The molecule has 0 aliphatic heterocycles. The Bertz CT molecular complexity index is 779. The molecule has 0 amide bonds. The second kappa shape index (κ2) is 6.78. The molecule has 0 saturated heterocycles. The van der Waals surface area contributed by atoms with Crippen LogP contribution in [0.5, 0.6) is 0 Å². The highest BCUT2D eigenvalue weighted by Crippen LogP contribution is 2.29. The lowest BCUT2D eigenvalue weighted by molar-refractivity contribution is -0.137. The fourth-order valence-corrected chi connectivity index (χ4v) is 2.99. The molecule has 3 aromatic rings. The lowest BCUT2D eigenvalue weighted by atomic mass is 10.1. The largest absolute Gasteiger partial charge is 0.444 e. The molecule has 24 heavy (non-hydrogen) atoms. The molecule has 0 spiro atoms. The van der Waals surface area contributed by atoms with E-state index in [2.05, 4.69) is 4.98 Å². The van der Waals surface area contributed by atoms with Crippen molar-refractivity contribution in [1.29, 1.82) is 0 Å². The number of nitrogens with zero attached hydrogens (tertiary/aromatic N) is 2. The first-order chi connectivity index (χ1) is 11.4. The molecule has 0 unspecified atom stereocenters. The Kier molecular flexibility index (Phi) is 4.73. The summed E-state index contributed by atoms with van der Waals surface area (Å²) in [4.78, 5) is 7.37. The van der Waals surface area contributed by atoms with Crippen molar-refractivity contribution >= 4 is 11.3 Å². The number of thiophene rings is 1. The molecule has 0 saturated carbocycles. The molecule has 126 valence electrons. The van der Waals surface area contributed by atoms with Crippen LogP contribution in [0.3, 0.4) is 0 Å². The zero-order valence-electron chi connectivity index (χ0n) is 12.9. The van der Waals surface area contributed by atoms with Crippen LogP contribution in [0, 0.1) is 0 Å². The Labute approximate surface area is 141 Å². The van der Waals surface area contributed by atoms with Crippen LogP contribution in [0.15, 0.2) is 52.5 Å². The lowest BCUT2D eigenvalue weighted by Crippen LogP contribution is -2.17. The van der Waals surface area contributed by atoms with Crippen molar-refractivity contribution in [1.82, 2.24) is 9.88 Å². The Balaban J connectivity index is 1.60. The molecule has 0 aliphatic carbocycles. The van der Waals surface area contributed by atoms with Gasteiger partial charge in [0, 0.05) is 13.1 Å². The highest BCUT2D eigenvalue weighted by atomic mass is 32.1. The summed E-state index contributed by atoms with van der Waals surface area (Å²) in [5.74, 6) is 0.586. The van der Waals surface area contributed by atoms with Crippen LogP contribution >= 0.6 is 11.3 Å². The first-order valence-corrected chi connectivity index (χ1v) is 8.13. The summed E-state index contributed by atoms with van der Waals surface area (Å²) in [6.45, 7) is 1.08. The molecule has 0 bridgehead atoms. The summed E-state index contributed by atoms with van der Waals surface area (Å²) in [6.07, 6.45) is -2.69. The predicted molar refractivity (Wildman–Crippen MR) is 86.4 cm³/mol. The summed E-state index contributed by atoms with van der Waals surface area (Å²) in [7, 11) is 1.89. The van der Waals surface area contributed by atoms with E-state index in [1.165, 1.54) is 12.1 Å². The van der Waals surface area contributed by atoms with Crippen molar-refractivity contribution < 1.29 is 17.6 Å². The van der Waals surface area contributed by atoms with Gasteiger partial charge >= 0.3 is 6.18 Å². The van der Waals surface area contributed by atoms with Gasteiger partial charge in [-0.05, 0) is 36.2 Å². The van der Waals surface area contributed by atoms with Crippen LogP contribution in [-0.4, -0.2) is 16.9 Å². The highest BCUT2D eigenvalue weighted by Gasteiger charge is 2.29. The van der Waals surface area contributed by atoms with Gasteiger partial charge in [-0.2, -0.15) is 13.2 Å². The molecular weight excluding hydrogens is 337 g/mol. The molecule has 1 aromatic carbocycles. The predicted octanol–water partition coefficient (Wildman–Crippen LogP) is 5.05. The molecule has 2 heterocycles. The summed E-state index contributed by atoms with van der Waals surface area (Å²) < 4.78 is 43.1. The van der Waals surface area contributed by atoms with E-state index in [9.17, 15) is 13.2 Å². The maximum absolute atomic E-state index is 12.6. The molecule has 0 N–H and O–H groups in total. The first kappa shape index (κ1) is 16.7. The van der Waals surface area contributed by atoms with Crippen molar-refractivity contribution in [3.8, 4) is 10.8 Å². The Morgan fingerprint density at radius 1 is 1.12 bits per heavy atom. The van der Waals surface area contributed by atoms with Gasteiger partial charge in [0.1, 0.15) is 6.26 Å². The molecule has 3 nitrogen and oxygen atoms in total. The number of aromatic nitrogens is 1. The average molecular weight is 352 g/mol. The van der Waals surface area contributed by atoms with E-state index >= 15 is 0 Å². The number of halogens is 3. The minimum Gasteiger partial charge on any atom is -0.444 e. The maximum Gasteiger partial charge on any atom is 0.416 e. The van der Waals surface area contributed by atoms with Crippen LogP contribution in [-0.2, 0) is 19.3 Å². The summed E-state index contributed by atoms with van der Waals surface area (Å²) >= 11 is 1.55. The lowest BCUT2D eigenvalue weighted by Gasteiger charge is -2.15. The number of benzene rings is 1. The van der Waals surface area contributed by atoms with Crippen molar-refractivity contribution in [2.45, 2.75) is 19.3 Å². The third kappa shape index (κ3) is 4.04. The van der Waals surface area contributed by atoms with Gasteiger partial charge < -0.3 is 4.42 Å². The van der Waals surface area contributed by atoms with E-state index in [1.807, 2.05) is 29.5 Å². The molecule has 0 radical (unpaired) electrons. The van der Waals surface area contributed by atoms with Gasteiger partial charge in [-0.25, -0.2) is 4.98 Å². The zero-order valence-corrected chi connectivity index (χ0v) is 13.7. The van der Waals surface area contributed by atoms with E-state index in [1.54, 1.807) is 17.6 Å². The molecule has 3 rings (SSSR count). The second-order valence-corrected chi connectivity index (χ2v) is 6.44. The van der Waals surface area contributed by atoms with Crippen LogP contribution in [0.2, 0.25) is 0 Å². The standard InChI is InChI=1S/C17H15F3N2OS/c1-22(9-12-4-6-13(7-5-12)17(18,19)20)10-14-11-23-16(21-14)15-3-2-8-24-15/h2-8,11H,9-10H2,1H3. The zero-order chi connectivity index (χ0) is 17.2. The normalized spacial score (nSPS) is 12.0. The summed E-state index contributed by atoms with van der Waals surface area (Å²) in [6, 6.07) is 9.08. The van der Waals surface area contributed by atoms with Crippen LogP contribution in [0.4, 0.5) is 13.2 Å². The Morgan fingerprint density at radius 2 is 1.88 bits per heavy atom. The van der Waals surface area contributed by atoms with Crippen molar-refractivity contribution in [2.75, 3.05) is 7.05 Å². The monoisotopic (exact) mass is 352 g/mol. The third-order valence-electron chi connectivity index (χ3n) is 3.45. The smallest absolute Gasteiger partial charge is 0.416 e. The average Bonchev–Trinajstić information content (AvgIpc) is 3.17. The molecule has 0 atom stereocenters. The van der Waals surface area contributed by atoms with Gasteiger partial charge in [0.2, 0.25) is 5.89 Å². The quantitative estimate of drug-likeness (QED) is 0.643. The first-order valence-electron chi connectivity index (χ1n) is 7.25. The van der Waals surface area contributed by atoms with Gasteiger partial charge in [0.15, 0.2) is 0 Å². The van der Waals surface area contributed by atoms with E-state index in [4.69, 9.17) is 4.42 Å². The number of rotatable bonds is 5. The van der Waals surface area contributed by atoms with Crippen LogP contribution in [0.25, 0.3) is 10.8 Å². The van der Waals surface area contributed by atoms with E-state index in [-0.39, 0.29) is 0 Å². The third-order valence-corrected chi connectivity index (χ3v) is 4.31. The van der Waals surface area contributed by atoms with E-state index in [0.29, 0.717) is 19.0 Å². The topological polar surface area (TPSA) is 29.3 Å². The fraction of sp³-hybridized carbons (Fsp3) is 0.235. The van der Waals surface area contributed by atoms with E-state index < -0.39 is 11.7 Å². The minimum atomic E-state index is -4.30. The Morgan fingerprint density at radius 3 is 2.50 bits per heavy atom. The molecular formula is C17H15F3N2OS. The van der Waals surface area contributed by atoms with Gasteiger partial charge in [-0.15, -0.1) is 11.3 Å². The number of hydrogen-bond donors (Lipinski definition) is 0.